The van der Waals surface area contributed by atoms with Crippen LogP contribution in [0.25, 0.3) is 0 Å². The van der Waals surface area contributed by atoms with Crippen LogP contribution in [0, 0.1) is 12.7 Å². The number of aryl methyl sites for hydroxylation is 1. The molecule has 1 amide bonds. The van der Waals surface area contributed by atoms with Crippen LogP contribution in [-0.4, -0.2) is 11.7 Å². The number of benzene rings is 3. The summed E-state index contributed by atoms with van der Waals surface area (Å²) in [4.78, 5) is 24.9. The third-order valence-electron chi connectivity index (χ3n) is 3.86. The first-order chi connectivity index (χ1) is 12.0. The lowest BCUT2D eigenvalue weighted by atomic mass is 10.0. The Balaban J connectivity index is 1.83. The summed E-state index contributed by atoms with van der Waals surface area (Å²) in [6, 6.07) is 19.7. The van der Waals surface area contributed by atoms with E-state index in [0.717, 1.165) is 0 Å². The molecular formula is C21H16FNO2. The maximum atomic E-state index is 13.4. The topological polar surface area (TPSA) is 46.2 Å². The monoisotopic (exact) mass is 333 g/mol. The lowest BCUT2D eigenvalue weighted by Crippen LogP contribution is -2.14. The van der Waals surface area contributed by atoms with Crippen molar-refractivity contribution in [2.24, 2.45) is 0 Å². The summed E-state index contributed by atoms with van der Waals surface area (Å²) in [6.07, 6.45) is 0. The van der Waals surface area contributed by atoms with E-state index in [-0.39, 0.29) is 11.3 Å². The molecule has 1 N–H and O–H groups in total. The minimum atomic E-state index is -0.469. The highest BCUT2D eigenvalue weighted by atomic mass is 19.1. The molecular weight excluding hydrogens is 317 g/mol. The van der Waals surface area contributed by atoms with Crippen molar-refractivity contribution in [3.8, 4) is 0 Å². The van der Waals surface area contributed by atoms with Gasteiger partial charge in [0.05, 0.1) is 0 Å². The molecule has 0 fully saturated rings. The average Bonchev–Trinajstić information content (AvgIpc) is 2.64. The number of ketones is 1. The molecule has 124 valence electrons. The van der Waals surface area contributed by atoms with Gasteiger partial charge in [-0.3, -0.25) is 9.59 Å². The van der Waals surface area contributed by atoms with E-state index in [0.29, 0.717) is 22.4 Å². The number of rotatable bonds is 4. The molecule has 0 radical (unpaired) electrons. The molecule has 25 heavy (non-hydrogen) atoms. The minimum absolute atomic E-state index is 0.126. The lowest BCUT2D eigenvalue weighted by Gasteiger charge is -2.09. The third-order valence-corrected chi connectivity index (χ3v) is 3.86. The van der Waals surface area contributed by atoms with Gasteiger partial charge in [-0.15, -0.1) is 0 Å². The summed E-state index contributed by atoms with van der Waals surface area (Å²) < 4.78 is 13.4. The van der Waals surface area contributed by atoms with E-state index in [4.69, 9.17) is 0 Å². The first-order valence-corrected chi connectivity index (χ1v) is 7.82. The molecule has 0 unspecified atom stereocenters. The summed E-state index contributed by atoms with van der Waals surface area (Å²) in [5, 5.41) is 2.72. The van der Waals surface area contributed by atoms with Gasteiger partial charge >= 0.3 is 0 Å². The average molecular weight is 333 g/mol. The number of amides is 1. The molecule has 0 saturated heterocycles. The Hall–Kier alpha value is -3.27. The van der Waals surface area contributed by atoms with Crippen LogP contribution >= 0.6 is 0 Å². The highest BCUT2D eigenvalue weighted by molar-refractivity contribution is 6.10. The van der Waals surface area contributed by atoms with Crippen molar-refractivity contribution >= 4 is 17.4 Å². The number of anilines is 1. The fraction of sp³-hybridized carbons (Fsp3) is 0.0476. The molecule has 0 aliphatic rings. The Morgan fingerprint density at radius 1 is 0.840 bits per heavy atom. The van der Waals surface area contributed by atoms with Gasteiger partial charge in [-0.25, -0.2) is 4.39 Å². The summed E-state index contributed by atoms with van der Waals surface area (Å²) in [5.74, 6) is -1.01. The van der Waals surface area contributed by atoms with Crippen molar-refractivity contribution in [3.05, 3.63) is 101 Å². The Morgan fingerprint density at radius 3 is 2.32 bits per heavy atom. The number of halogens is 1. The molecule has 0 atom stereocenters. The molecule has 0 aliphatic carbocycles. The summed E-state index contributed by atoms with van der Waals surface area (Å²) in [7, 11) is 0. The first kappa shape index (κ1) is 16.6. The van der Waals surface area contributed by atoms with Crippen molar-refractivity contribution in [1.82, 2.24) is 0 Å². The van der Waals surface area contributed by atoms with Crippen molar-refractivity contribution in [3.63, 3.8) is 0 Å². The van der Waals surface area contributed by atoms with Gasteiger partial charge in [0.2, 0.25) is 0 Å². The van der Waals surface area contributed by atoms with Gasteiger partial charge in [-0.2, -0.15) is 0 Å². The molecule has 0 aliphatic heterocycles. The molecule has 3 rings (SSSR count). The van der Waals surface area contributed by atoms with Crippen LogP contribution in [0.2, 0.25) is 0 Å². The summed E-state index contributed by atoms with van der Waals surface area (Å²) in [5.41, 5.74) is 2.47. The highest BCUT2D eigenvalue weighted by Gasteiger charge is 2.13. The highest BCUT2D eigenvalue weighted by Crippen LogP contribution is 2.17. The molecule has 0 aromatic heterocycles. The lowest BCUT2D eigenvalue weighted by molar-refractivity contribution is 0.102. The first-order valence-electron chi connectivity index (χ1n) is 7.82. The number of carbonyl (C=O) groups is 2. The fourth-order valence-electron chi connectivity index (χ4n) is 2.53. The predicted molar refractivity (Wildman–Crippen MR) is 95.4 cm³/mol. The van der Waals surface area contributed by atoms with E-state index in [1.54, 1.807) is 61.5 Å². The standard InChI is InChI=1S/C21H16FNO2/c1-14-10-11-17(22)13-19(14)21(25)23-18-9-5-8-16(12-18)20(24)15-6-3-2-4-7-15/h2-13H,1H3,(H,23,25). The van der Waals surface area contributed by atoms with Gasteiger partial charge in [-0.05, 0) is 36.8 Å². The SMILES string of the molecule is Cc1ccc(F)cc1C(=O)Nc1cccc(C(=O)c2ccccc2)c1. The molecule has 3 aromatic rings. The van der Waals surface area contributed by atoms with Crippen molar-refractivity contribution in [1.29, 1.82) is 0 Å². The zero-order valence-electron chi connectivity index (χ0n) is 13.6. The molecule has 0 saturated carbocycles. The molecule has 0 spiro atoms. The molecule has 3 aromatic carbocycles. The fourth-order valence-corrected chi connectivity index (χ4v) is 2.53. The predicted octanol–water partition coefficient (Wildman–Crippen LogP) is 4.62. The van der Waals surface area contributed by atoms with Crippen molar-refractivity contribution in [2.75, 3.05) is 5.32 Å². The Kier molecular flexibility index (Phi) is 4.70. The van der Waals surface area contributed by atoms with E-state index < -0.39 is 11.7 Å². The molecule has 0 heterocycles. The van der Waals surface area contributed by atoms with Crippen LogP contribution in [-0.2, 0) is 0 Å². The quantitative estimate of drug-likeness (QED) is 0.708. The summed E-state index contributed by atoms with van der Waals surface area (Å²) >= 11 is 0. The normalized spacial score (nSPS) is 10.3. The minimum Gasteiger partial charge on any atom is -0.322 e. The van der Waals surface area contributed by atoms with Gasteiger partial charge in [0.25, 0.3) is 5.91 Å². The Morgan fingerprint density at radius 2 is 1.56 bits per heavy atom. The van der Waals surface area contributed by atoms with Crippen molar-refractivity contribution < 1.29 is 14.0 Å². The second-order valence-electron chi connectivity index (χ2n) is 5.69. The second-order valence-corrected chi connectivity index (χ2v) is 5.69. The summed E-state index contributed by atoms with van der Waals surface area (Å²) in [6.45, 7) is 1.74. The number of hydrogen-bond acceptors (Lipinski definition) is 2. The van der Waals surface area contributed by atoms with Crippen molar-refractivity contribution in [2.45, 2.75) is 6.92 Å². The van der Waals surface area contributed by atoms with Gasteiger partial charge in [0, 0.05) is 22.4 Å². The van der Waals surface area contributed by atoms with E-state index in [1.807, 2.05) is 6.07 Å². The van der Waals surface area contributed by atoms with E-state index in [9.17, 15) is 14.0 Å². The smallest absolute Gasteiger partial charge is 0.256 e. The third kappa shape index (κ3) is 3.80. The van der Waals surface area contributed by atoms with Crippen LogP contribution in [0.5, 0.6) is 0 Å². The van der Waals surface area contributed by atoms with Gasteiger partial charge in [-0.1, -0.05) is 48.5 Å². The zero-order valence-corrected chi connectivity index (χ0v) is 13.6. The van der Waals surface area contributed by atoms with Crippen LogP contribution < -0.4 is 5.32 Å². The van der Waals surface area contributed by atoms with Crippen LogP contribution in [0.4, 0.5) is 10.1 Å². The maximum Gasteiger partial charge on any atom is 0.256 e. The number of hydrogen-bond donors (Lipinski definition) is 1. The van der Waals surface area contributed by atoms with E-state index in [2.05, 4.69) is 5.32 Å². The van der Waals surface area contributed by atoms with Gasteiger partial charge < -0.3 is 5.32 Å². The Bertz CT molecular complexity index is 936. The molecule has 4 heteroatoms. The van der Waals surface area contributed by atoms with Crippen LogP contribution in [0.1, 0.15) is 31.8 Å². The van der Waals surface area contributed by atoms with Crippen LogP contribution in [0.15, 0.2) is 72.8 Å². The number of carbonyl (C=O) groups excluding carboxylic acids is 2. The van der Waals surface area contributed by atoms with Gasteiger partial charge in [0.15, 0.2) is 5.78 Å². The Labute approximate surface area is 145 Å². The van der Waals surface area contributed by atoms with E-state index >= 15 is 0 Å². The van der Waals surface area contributed by atoms with E-state index in [1.165, 1.54) is 12.1 Å². The largest absolute Gasteiger partial charge is 0.322 e. The number of nitrogens with one attached hydrogen (secondary N) is 1. The van der Waals surface area contributed by atoms with Gasteiger partial charge in [0.1, 0.15) is 5.82 Å². The van der Waals surface area contributed by atoms with Crippen LogP contribution in [0.3, 0.4) is 0 Å². The maximum absolute atomic E-state index is 13.4. The molecule has 0 bridgehead atoms. The molecule has 3 nitrogen and oxygen atoms in total. The second kappa shape index (κ2) is 7.09. The zero-order chi connectivity index (χ0) is 17.8.